The molecule has 3 rings (SSSR count). The van der Waals surface area contributed by atoms with E-state index in [9.17, 15) is 4.39 Å². The number of hydrogen-bond donors (Lipinski definition) is 0. The predicted molar refractivity (Wildman–Crippen MR) is 114 cm³/mol. The van der Waals surface area contributed by atoms with Gasteiger partial charge in [-0.1, -0.05) is 55.5 Å². The van der Waals surface area contributed by atoms with Crippen molar-refractivity contribution in [3.05, 3.63) is 89.7 Å². The lowest BCUT2D eigenvalue weighted by Gasteiger charge is -2.14. The number of ether oxygens (including phenoxy) is 2. The van der Waals surface area contributed by atoms with Crippen LogP contribution in [0.25, 0.3) is 0 Å². The van der Waals surface area contributed by atoms with Gasteiger partial charge < -0.3 is 9.47 Å². The second kappa shape index (κ2) is 11.0. The molecule has 0 unspecified atom stereocenters. The maximum atomic E-state index is 13.8. The monoisotopic (exact) mass is 456 g/mol. The lowest BCUT2D eigenvalue weighted by Crippen LogP contribution is -1.99. The van der Waals surface area contributed by atoms with Crippen LogP contribution >= 0.6 is 21.4 Å². The van der Waals surface area contributed by atoms with Crippen molar-refractivity contribution >= 4 is 29.6 Å². The third-order valence-corrected chi connectivity index (χ3v) is 3.71. The molecule has 0 heterocycles. The molecule has 0 N–H and O–H groups in total. The maximum Gasteiger partial charge on any atom is 0.317 e. The van der Waals surface area contributed by atoms with E-state index >= 15 is 0 Å². The Labute approximate surface area is 178 Å². The van der Waals surface area contributed by atoms with Gasteiger partial charge in [0.1, 0.15) is 6.61 Å². The molecule has 0 amide bonds. The van der Waals surface area contributed by atoms with Crippen LogP contribution in [-0.2, 0) is 21.3 Å². The summed E-state index contributed by atoms with van der Waals surface area (Å²) in [6.45, 7) is 2.51. The number of aryl methyl sites for hydroxylation is 1. The third kappa shape index (κ3) is 8.73. The molecule has 4 nitrogen and oxygen atoms in total. The average Bonchev–Trinajstić information content (AvgIpc) is 2.68. The van der Waals surface area contributed by atoms with Crippen LogP contribution in [0.4, 0.5) is 4.39 Å². The summed E-state index contributed by atoms with van der Waals surface area (Å²) in [6, 6.07) is 22.0. The van der Waals surface area contributed by atoms with Gasteiger partial charge in [0.15, 0.2) is 23.1 Å². The molecule has 154 valence electrons. The fourth-order valence-electron chi connectivity index (χ4n) is 2.35. The summed E-state index contributed by atoms with van der Waals surface area (Å²) in [5.74, 6) is 0.909. The molecule has 29 heavy (non-hydrogen) atoms. The molecule has 0 radical (unpaired) electrons. The fourth-order valence-corrected chi connectivity index (χ4v) is 2.35. The van der Waals surface area contributed by atoms with Gasteiger partial charge in [0.2, 0.25) is 0 Å². The van der Waals surface area contributed by atoms with E-state index in [1.165, 1.54) is 6.07 Å². The van der Waals surface area contributed by atoms with Crippen molar-refractivity contribution < 1.29 is 22.3 Å². The number of hydrogen-bond acceptors (Lipinski definition) is 4. The van der Waals surface area contributed by atoms with Gasteiger partial charge in [-0.15, -0.1) is 0 Å². The quantitative estimate of drug-likeness (QED) is 0.398. The molecule has 0 aliphatic carbocycles. The first kappa shape index (κ1) is 23.0. The molecule has 0 aromatic heterocycles. The highest BCUT2D eigenvalue weighted by atomic mass is 36.0. The van der Waals surface area contributed by atoms with E-state index in [0.717, 1.165) is 17.5 Å². The molecular formula is C21H19Cl2FO4S. The molecule has 3 aromatic rings. The van der Waals surface area contributed by atoms with Crippen molar-refractivity contribution in [2.45, 2.75) is 20.0 Å². The lowest BCUT2D eigenvalue weighted by molar-refractivity contribution is 0.289. The molecule has 8 heteroatoms. The van der Waals surface area contributed by atoms with Crippen molar-refractivity contribution in [2.75, 3.05) is 0 Å². The first-order valence-electron chi connectivity index (χ1n) is 8.62. The average molecular weight is 457 g/mol. The summed E-state index contributed by atoms with van der Waals surface area (Å²) in [6.07, 6.45) is 0.891. The van der Waals surface area contributed by atoms with Gasteiger partial charge in [-0.25, -0.2) is 4.39 Å². The Morgan fingerprint density at radius 2 is 1.45 bits per heavy atom. The molecule has 0 fully saturated rings. The van der Waals surface area contributed by atoms with Gasteiger partial charge in [0.25, 0.3) is 0 Å². The van der Waals surface area contributed by atoms with E-state index in [2.05, 4.69) is 28.3 Å². The van der Waals surface area contributed by atoms with E-state index in [-0.39, 0.29) is 5.75 Å². The topological polar surface area (TPSA) is 52.6 Å². The molecule has 0 aliphatic rings. The molecule has 0 saturated heterocycles. The third-order valence-electron chi connectivity index (χ3n) is 3.71. The zero-order valence-corrected chi connectivity index (χ0v) is 17.8. The number of benzene rings is 3. The Balaban J connectivity index is 0.000000537. The molecule has 0 atom stereocenters. The highest BCUT2D eigenvalue weighted by molar-refractivity contribution is 8.31. The summed E-state index contributed by atoms with van der Waals surface area (Å²) in [5, 5.41) is 0. The van der Waals surface area contributed by atoms with Crippen molar-refractivity contribution in [1.29, 1.82) is 0 Å². The van der Waals surface area contributed by atoms with Crippen LogP contribution < -0.4 is 9.47 Å². The summed E-state index contributed by atoms with van der Waals surface area (Å²) in [7, 11) is 4.81. The van der Waals surface area contributed by atoms with Gasteiger partial charge >= 0.3 is 8.26 Å². The number of rotatable bonds is 6. The van der Waals surface area contributed by atoms with Gasteiger partial charge in [-0.2, -0.15) is 8.42 Å². The summed E-state index contributed by atoms with van der Waals surface area (Å²) >= 11 is 0. The molecule has 0 aliphatic heterocycles. The summed E-state index contributed by atoms with van der Waals surface area (Å²) in [5.41, 5.74) is 2.20. The van der Waals surface area contributed by atoms with Crippen LogP contribution in [0.15, 0.2) is 72.8 Å². The zero-order chi connectivity index (χ0) is 21.3. The van der Waals surface area contributed by atoms with Crippen LogP contribution in [-0.4, -0.2) is 8.42 Å². The largest absolute Gasteiger partial charge is 0.485 e. The lowest BCUT2D eigenvalue weighted by atomic mass is 10.1. The van der Waals surface area contributed by atoms with Gasteiger partial charge in [0.05, 0.1) is 0 Å². The van der Waals surface area contributed by atoms with Crippen molar-refractivity contribution in [3.63, 3.8) is 0 Å². The minimum absolute atomic E-state index is 0.186. The Morgan fingerprint density at radius 3 is 2.07 bits per heavy atom. The Kier molecular flexibility index (Phi) is 8.76. The number of para-hydroxylation sites is 1. The summed E-state index contributed by atoms with van der Waals surface area (Å²) < 4.78 is 43.8. The van der Waals surface area contributed by atoms with Crippen LogP contribution in [0.3, 0.4) is 0 Å². The van der Waals surface area contributed by atoms with Crippen molar-refractivity contribution in [3.8, 4) is 17.2 Å². The summed E-state index contributed by atoms with van der Waals surface area (Å²) in [4.78, 5) is 0. The standard InChI is InChI=1S/C21H19FO2.Cl2O2S/c1-2-16-12-13-20(24-19-11-7-6-10-18(19)22)21(14-16)23-15-17-8-4-3-5-9-17;1-5(2,3)4/h3-14H,2,15H2,1H3;. The van der Waals surface area contributed by atoms with Gasteiger partial charge in [-0.05, 0) is 41.8 Å². The van der Waals surface area contributed by atoms with E-state index in [4.69, 9.17) is 17.9 Å². The first-order chi connectivity index (χ1) is 13.8. The second-order valence-corrected chi connectivity index (χ2v) is 9.49. The minimum Gasteiger partial charge on any atom is -0.485 e. The minimum atomic E-state index is -3.72. The second-order valence-electron chi connectivity index (χ2n) is 5.82. The van der Waals surface area contributed by atoms with E-state index in [0.29, 0.717) is 18.1 Å². The van der Waals surface area contributed by atoms with Gasteiger partial charge in [-0.3, -0.25) is 0 Å². The Bertz CT molecular complexity index is 1020. The highest BCUT2D eigenvalue weighted by Crippen LogP contribution is 2.34. The molecule has 0 bridgehead atoms. The Hall–Kier alpha value is -2.28. The van der Waals surface area contributed by atoms with Crippen LogP contribution in [0.2, 0.25) is 0 Å². The van der Waals surface area contributed by atoms with Crippen LogP contribution in [0.1, 0.15) is 18.1 Å². The normalized spacial score (nSPS) is 10.6. The zero-order valence-electron chi connectivity index (χ0n) is 15.5. The number of halogens is 3. The smallest absolute Gasteiger partial charge is 0.317 e. The first-order valence-corrected chi connectivity index (χ1v) is 11.8. The highest BCUT2D eigenvalue weighted by Gasteiger charge is 2.10. The van der Waals surface area contributed by atoms with E-state index < -0.39 is 14.1 Å². The van der Waals surface area contributed by atoms with Crippen molar-refractivity contribution in [1.82, 2.24) is 0 Å². The molecule has 3 aromatic carbocycles. The fraction of sp³-hybridized carbons (Fsp3) is 0.143. The Morgan fingerprint density at radius 1 is 0.828 bits per heavy atom. The van der Waals surface area contributed by atoms with Crippen molar-refractivity contribution in [2.24, 2.45) is 0 Å². The van der Waals surface area contributed by atoms with Crippen LogP contribution in [0.5, 0.6) is 17.2 Å². The predicted octanol–water partition coefficient (Wildman–Crippen LogP) is 6.47. The van der Waals surface area contributed by atoms with Crippen LogP contribution in [0, 0.1) is 5.82 Å². The SMILES string of the molecule is CCc1ccc(Oc2ccccc2F)c(OCc2ccccc2)c1.O=S(=O)(Cl)Cl. The molecular weight excluding hydrogens is 438 g/mol. The van der Waals surface area contributed by atoms with E-state index in [1.54, 1.807) is 18.2 Å². The van der Waals surface area contributed by atoms with E-state index in [1.807, 2.05) is 48.5 Å². The maximum absolute atomic E-state index is 13.8. The molecule has 0 saturated carbocycles. The molecule has 0 spiro atoms. The van der Waals surface area contributed by atoms with Gasteiger partial charge in [0, 0.05) is 21.4 Å².